The van der Waals surface area contributed by atoms with Gasteiger partial charge in [0.25, 0.3) is 0 Å². The highest BCUT2D eigenvalue weighted by Gasteiger charge is 2.22. The molecule has 0 atom stereocenters. The Morgan fingerprint density at radius 1 is 0.429 bits per heavy atom. The molecular weight excluding hydrogens is 685 g/mol. The number of hydrogen-bond acceptors (Lipinski definition) is 4. The first-order valence-corrected chi connectivity index (χ1v) is 18.0. The molecule has 0 saturated heterocycles. The fourth-order valence-corrected chi connectivity index (χ4v) is 7.46. The van der Waals surface area contributed by atoms with Gasteiger partial charge in [-0.3, -0.25) is 0 Å². The molecule has 0 saturated carbocycles. The molecule has 5 heteroatoms. The number of para-hydroxylation sites is 3. The normalized spacial score (nSPS) is 14.1. The number of fused-ring (bicyclic) bond motifs is 6. The Morgan fingerprint density at radius 3 is 1.91 bits per heavy atom. The second-order valence-electron chi connectivity index (χ2n) is 13.2. The second kappa shape index (κ2) is 13.0. The summed E-state index contributed by atoms with van der Waals surface area (Å²) in [7, 11) is 0. The van der Waals surface area contributed by atoms with Gasteiger partial charge in [-0.1, -0.05) is 164 Å². The Hall–Kier alpha value is -7.63. The third-order valence-corrected chi connectivity index (χ3v) is 9.97. The molecule has 11 rings (SSSR count). The zero-order valence-electron chi connectivity index (χ0n) is 39.4. The molecule has 262 valence electrons. The summed E-state index contributed by atoms with van der Waals surface area (Å²) >= 11 is 0. The lowest BCUT2D eigenvalue weighted by Gasteiger charge is -2.17. The third-order valence-electron chi connectivity index (χ3n) is 9.97. The zero-order valence-corrected chi connectivity index (χ0v) is 29.4. The molecule has 0 spiro atoms. The van der Waals surface area contributed by atoms with Gasteiger partial charge in [-0.05, 0) is 47.0 Å². The quantitative estimate of drug-likeness (QED) is 0.171. The lowest BCUT2D eigenvalue weighted by atomic mass is 9.99. The molecule has 56 heavy (non-hydrogen) atoms. The van der Waals surface area contributed by atoms with Gasteiger partial charge in [0, 0.05) is 43.8 Å². The molecule has 3 heterocycles. The Bertz CT molecular complexity index is 3750. The molecular formula is C51H32N4O. The maximum Gasteiger partial charge on any atom is 0.166 e. The van der Waals surface area contributed by atoms with Gasteiger partial charge in [-0.2, -0.15) is 0 Å². The summed E-state index contributed by atoms with van der Waals surface area (Å²) in [4.78, 5) is 15.0. The lowest BCUT2D eigenvalue weighted by molar-refractivity contribution is 0.670. The van der Waals surface area contributed by atoms with Crippen LogP contribution < -0.4 is 0 Å². The van der Waals surface area contributed by atoms with Gasteiger partial charge < -0.3 is 8.98 Å². The van der Waals surface area contributed by atoms with Crippen molar-refractivity contribution < 1.29 is 18.1 Å². The first-order chi connectivity index (χ1) is 31.9. The van der Waals surface area contributed by atoms with Gasteiger partial charge in [-0.25, -0.2) is 15.0 Å². The minimum absolute atomic E-state index is 0.00625. The smallest absolute Gasteiger partial charge is 0.166 e. The summed E-state index contributed by atoms with van der Waals surface area (Å²) < 4.78 is 98.2. The van der Waals surface area contributed by atoms with E-state index in [1.807, 2.05) is 121 Å². The molecule has 0 aliphatic heterocycles. The Morgan fingerprint density at radius 2 is 1.12 bits per heavy atom. The van der Waals surface area contributed by atoms with Crippen molar-refractivity contribution in [1.82, 2.24) is 19.5 Å². The van der Waals surface area contributed by atoms with Crippen molar-refractivity contribution in [1.29, 1.82) is 0 Å². The molecule has 0 bridgehead atoms. The van der Waals surface area contributed by atoms with E-state index in [0.29, 0.717) is 39.6 Å². The van der Waals surface area contributed by atoms with Crippen molar-refractivity contribution in [2.75, 3.05) is 0 Å². The van der Waals surface area contributed by atoms with Crippen LogP contribution in [0.25, 0.3) is 106 Å². The summed E-state index contributed by atoms with van der Waals surface area (Å²) in [6.07, 6.45) is 0. The van der Waals surface area contributed by atoms with Crippen molar-refractivity contribution in [2.45, 2.75) is 0 Å². The van der Waals surface area contributed by atoms with Gasteiger partial charge in [0.05, 0.1) is 30.4 Å². The molecule has 11 aromatic rings. The molecule has 8 aromatic carbocycles. The van der Waals surface area contributed by atoms with Crippen LogP contribution in [-0.2, 0) is 0 Å². The maximum absolute atomic E-state index is 9.60. The van der Waals surface area contributed by atoms with Crippen molar-refractivity contribution in [3.63, 3.8) is 0 Å². The van der Waals surface area contributed by atoms with E-state index in [4.69, 9.17) is 27.6 Å². The van der Waals surface area contributed by atoms with Gasteiger partial charge in [0.15, 0.2) is 17.5 Å². The summed E-state index contributed by atoms with van der Waals surface area (Å²) in [5.41, 5.74) is 4.62. The first-order valence-electron chi connectivity index (χ1n) is 23.0. The van der Waals surface area contributed by atoms with Crippen molar-refractivity contribution in [3.05, 3.63) is 194 Å². The fraction of sp³-hybridized carbons (Fsp3) is 0. The molecule has 5 nitrogen and oxygen atoms in total. The van der Waals surface area contributed by atoms with Gasteiger partial charge in [0.2, 0.25) is 0 Å². The number of hydrogen-bond donors (Lipinski definition) is 0. The summed E-state index contributed by atoms with van der Waals surface area (Å²) in [5.74, 6) is 0.979. The van der Waals surface area contributed by atoms with E-state index in [1.165, 1.54) is 12.1 Å². The van der Waals surface area contributed by atoms with E-state index in [0.717, 1.165) is 27.5 Å². The second-order valence-corrected chi connectivity index (χ2v) is 13.2. The van der Waals surface area contributed by atoms with Gasteiger partial charge >= 0.3 is 0 Å². The highest BCUT2D eigenvalue weighted by atomic mass is 16.3. The topological polar surface area (TPSA) is 56.7 Å². The Kier molecular flexibility index (Phi) is 5.41. The predicted molar refractivity (Wildman–Crippen MR) is 229 cm³/mol. The van der Waals surface area contributed by atoms with Crippen LogP contribution in [0.15, 0.2) is 198 Å². The molecule has 0 aliphatic rings. The van der Waals surface area contributed by atoms with Crippen LogP contribution in [0.1, 0.15) is 13.7 Å². The van der Waals surface area contributed by atoms with Crippen LogP contribution in [0.2, 0.25) is 0 Å². The molecule has 0 aliphatic carbocycles. The first kappa shape index (κ1) is 23.2. The average Bonchev–Trinajstić information content (AvgIpc) is 3.91. The fourth-order valence-electron chi connectivity index (χ4n) is 7.46. The van der Waals surface area contributed by atoms with Gasteiger partial charge in [-0.15, -0.1) is 0 Å². The van der Waals surface area contributed by atoms with Crippen molar-refractivity contribution >= 4 is 43.7 Å². The summed E-state index contributed by atoms with van der Waals surface area (Å²) in [6.45, 7) is 0. The number of rotatable bonds is 6. The van der Waals surface area contributed by atoms with Crippen LogP contribution in [0, 0.1) is 0 Å². The molecule has 0 fully saturated rings. The monoisotopic (exact) mass is 726 g/mol. The Labute approximate surface area is 336 Å². The SMILES string of the molecule is [2H]c1cc([2H])c2c(c1[2H])c1c(-c3c([2H])c([2H])c([2H])c([2H])c3[2H])c([2H])cc([2H])c1n2-c1cc(-c2cccc3c2oc2ccccc23)ccc1-c1nc(-c2ccccc2)nc(-c2ccccc2)n1. The molecule has 0 amide bonds. The molecule has 0 radical (unpaired) electrons. The highest BCUT2D eigenvalue weighted by molar-refractivity contribution is 6.16. The van der Waals surface area contributed by atoms with E-state index in [9.17, 15) is 5.48 Å². The Balaban J connectivity index is 1.32. The largest absolute Gasteiger partial charge is 0.455 e. The molecule has 0 unspecified atom stereocenters. The van der Waals surface area contributed by atoms with E-state index < -0.39 is 30.2 Å². The van der Waals surface area contributed by atoms with E-state index in [2.05, 4.69) is 0 Å². The third kappa shape index (κ3) is 5.21. The minimum atomic E-state index is -0.626. The maximum atomic E-state index is 9.60. The van der Waals surface area contributed by atoms with Crippen LogP contribution in [0.4, 0.5) is 0 Å². The number of benzene rings is 8. The number of furan rings is 1. The van der Waals surface area contributed by atoms with Crippen molar-refractivity contribution in [2.24, 2.45) is 0 Å². The summed E-state index contributed by atoms with van der Waals surface area (Å²) in [5, 5.41) is 1.82. The van der Waals surface area contributed by atoms with Crippen LogP contribution in [-0.4, -0.2) is 19.5 Å². The minimum Gasteiger partial charge on any atom is -0.455 e. The molecule has 0 N–H and O–H groups in total. The van der Waals surface area contributed by atoms with E-state index >= 15 is 0 Å². The lowest BCUT2D eigenvalue weighted by Crippen LogP contribution is -2.04. The van der Waals surface area contributed by atoms with Crippen LogP contribution in [0.5, 0.6) is 0 Å². The van der Waals surface area contributed by atoms with Gasteiger partial charge in [0.1, 0.15) is 11.2 Å². The predicted octanol–water partition coefficient (Wildman–Crippen LogP) is 13.2. The van der Waals surface area contributed by atoms with E-state index in [-0.39, 0.29) is 69.0 Å². The summed E-state index contributed by atoms with van der Waals surface area (Å²) in [6, 6.07) is 36.1. The van der Waals surface area contributed by atoms with Crippen molar-refractivity contribution in [3.8, 4) is 62.1 Å². The average molecular weight is 727 g/mol. The zero-order chi connectivity index (χ0) is 45.7. The highest BCUT2D eigenvalue weighted by Crippen LogP contribution is 2.43. The number of aromatic nitrogens is 4. The van der Waals surface area contributed by atoms with Crippen LogP contribution >= 0.6 is 0 Å². The number of nitrogens with zero attached hydrogens (tertiary/aromatic N) is 4. The van der Waals surface area contributed by atoms with E-state index in [1.54, 1.807) is 4.57 Å². The molecule has 3 aromatic heterocycles. The standard InChI is InChI=1S/C51H32N4O/c1-4-16-33(17-5-1)37-24-15-28-44-47(37)41-23-10-12-27-43(41)55(44)45-32-36(38-25-14-26-40-39-22-11-13-29-46(39)56-48(38)40)30-31-42(45)51-53-49(34-18-6-2-7-19-34)52-50(54-51)35-20-8-3-9-21-35/h1-32H/i1D,4D,5D,10D,16D,17D,23D,24D,27D,28D. The van der Waals surface area contributed by atoms with Crippen LogP contribution in [0.3, 0.4) is 0 Å².